The average molecular weight is 293 g/mol. The van der Waals surface area contributed by atoms with Crippen LogP contribution in [0.25, 0.3) is 0 Å². The second-order valence-corrected chi connectivity index (χ2v) is 4.80. The van der Waals surface area contributed by atoms with Crippen LogP contribution in [0.5, 0.6) is 5.75 Å². The van der Waals surface area contributed by atoms with Gasteiger partial charge in [0.1, 0.15) is 5.75 Å². The number of phenolic OH excluding ortho intramolecular Hbond substituents is 1. The molecule has 20 heavy (non-hydrogen) atoms. The molecule has 0 amide bonds. The van der Waals surface area contributed by atoms with Crippen LogP contribution < -0.4 is 5.32 Å². The maximum Gasteiger partial charge on any atom is 0.272 e. The minimum absolute atomic E-state index is 0.0431. The van der Waals surface area contributed by atoms with E-state index < -0.39 is 4.92 Å². The van der Waals surface area contributed by atoms with Gasteiger partial charge in [0, 0.05) is 23.9 Å². The molecular weight excluding hydrogens is 280 g/mol. The molecule has 5 nitrogen and oxygen atoms in total. The molecule has 2 aromatic carbocycles. The first-order valence-corrected chi connectivity index (χ1v) is 6.31. The first-order chi connectivity index (χ1) is 9.47. The van der Waals surface area contributed by atoms with E-state index in [1.165, 1.54) is 12.1 Å². The number of rotatable bonds is 4. The summed E-state index contributed by atoms with van der Waals surface area (Å²) in [5, 5.41) is 23.5. The molecule has 0 aliphatic rings. The molecule has 0 aliphatic carbocycles. The van der Waals surface area contributed by atoms with Gasteiger partial charge < -0.3 is 10.4 Å². The molecule has 104 valence electrons. The predicted molar refractivity (Wildman–Crippen MR) is 78.3 cm³/mol. The molecule has 0 aromatic heterocycles. The van der Waals surface area contributed by atoms with Gasteiger partial charge >= 0.3 is 0 Å². The Bertz CT molecular complexity index is 659. The zero-order valence-electron chi connectivity index (χ0n) is 10.8. The van der Waals surface area contributed by atoms with E-state index in [1.807, 2.05) is 0 Å². The molecule has 2 N–H and O–H groups in total. The van der Waals surface area contributed by atoms with E-state index in [4.69, 9.17) is 11.6 Å². The van der Waals surface area contributed by atoms with E-state index in [2.05, 4.69) is 5.32 Å². The SMILES string of the molecule is Cc1cc(NCc2ccc(O)c(Cl)c2)ccc1[N+](=O)[O-]. The lowest BCUT2D eigenvalue weighted by Crippen LogP contribution is -2.00. The van der Waals surface area contributed by atoms with Gasteiger partial charge in [0.2, 0.25) is 0 Å². The molecule has 6 heteroatoms. The van der Waals surface area contributed by atoms with Crippen molar-refractivity contribution >= 4 is 23.0 Å². The van der Waals surface area contributed by atoms with Gasteiger partial charge in [-0.2, -0.15) is 0 Å². The van der Waals surface area contributed by atoms with Gasteiger partial charge in [-0.15, -0.1) is 0 Å². The van der Waals surface area contributed by atoms with Gasteiger partial charge in [-0.1, -0.05) is 17.7 Å². The van der Waals surface area contributed by atoms with Crippen LogP contribution in [0, 0.1) is 17.0 Å². The molecule has 0 radical (unpaired) electrons. The zero-order valence-corrected chi connectivity index (χ0v) is 11.5. The summed E-state index contributed by atoms with van der Waals surface area (Å²) in [6, 6.07) is 9.81. The number of hydrogen-bond donors (Lipinski definition) is 2. The Labute approximate surface area is 121 Å². The average Bonchev–Trinajstić information content (AvgIpc) is 2.40. The Kier molecular flexibility index (Phi) is 4.10. The maximum atomic E-state index is 10.7. The van der Waals surface area contributed by atoms with Crippen LogP contribution in [0.3, 0.4) is 0 Å². The third-order valence-electron chi connectivity index (χ3n) is 2.90. The number of nitrogens with zero attached hydrogens (tertiary/aromatic N) is 1. The molecule has 0 bridgehead atoms. The van der Waals surface area contributed by atoms with E-state index in [9.17, 15) is 15.2 Å². The van der Waals surface area contributed by atoms with Gasteiger partial charge in [-0.25, -0.2) is 0 Å². The molecule has 0 atom stereocenters. The lowest BCUT2D eigenvalue weighted by molar-refractivity contribution is -0.385. The minimum Gasteiger partial charge on any atom is -0.506 e. The van der Waals surface area contributed by atoms with E-state index in [0.29, 0.717) is 17.1 Å². The molecule has 0 aliphatic heterocycles. The van der Waals surface area contributed by atoms with Crippen molar-refractivity contribution in [2.45, 2.75) is 13.5 Å². The van der Waals surface area contributed by atoms with Gasteiger partial charge in [-0.3, -0.25) is 10.1 Å². The number of aromatic hydroxyl groups is 1. The topological polar surface area (TPSA) is 75.4 Å². The summed E-state index contributed by atoms with van der Waals surface area (Å²) in [7, 11) is 0. The fourth-order valence-corrected chi connectivity index (χ4v) is 2.04. The summed E-state index contributed by atoms with van der Waals surface area (Å²) in [6.45, 7) is 2.21. The van der Waals surface area contributed by atoms with Gasteiger partial charge in [0.25, 0.3) is 5.69 Å². The van der Waals surface area contributed by atoms with Crippen molar-refractivity contribution in [1.82, 2.24) is 0 Å². The Morgan fingerprint density at radius 1 is 1.30 bits per heavy atom. The third kappa shape index (κ3) is 3.19. The van der Waals surface area contributed by atoms with Crippen LogP contribution in [0.4, 0.5) is 11.4 Å². The highest BCUT2D eigenvalue weighted by Crippen LogP contribution is 2.25. The van der Waals surface area contributed by atoms with Crippen LogP contribution in [0.15, 0.2) is 36.4 Å². The van der Waals surface area contributed by atoms with Crippen molar-refractivity contribution in [1.29, 1.82) is 0 Å². The van der Waals surface area contributed by atoms with Crippen molar-refractivity contribution in [2.24, 2.45) is 0 Å². The van der Waals surface area contributed by atoms with Gasteiger partial charge in [0.05, 0.1) is 9.95 Å². The first-order valence-electron chi connectivity index (χ1n) is 5.93. The van der Waals surface area contributed by atoms with Crippen LogP contribution in [0.1, 0.15) is 11.1 Å². The molecule has 0 unspecified atom stereocenters. The molecule has 0 heterocycles. The third-order valence-corrected chi connectivity index (χ3v) is 3.20. The largest absolute Gasteiger partial charge is 0.506 e. The molecular formula is C14H13ClN2O3. The number of halogens is 1. The summed E-state index contributed by atoms with van der Waals surface area (Å²) < 4.78 is 0. The number of nitrogens with one attached hydrogen (secondary N) is 1. The maximum absolute atomic E-state index is 10.7. The number of benzene rings is 2. The number of aryl methyl sites for hydroxylation is 1. The summed E-state index contributed by atoms with van der Waals surface area (Å²) in [6.07, 6.45) is 0. The second kappa shape index (κ2) is 5.79. The monoisotopic (exact) mass is 292 g/mol. The van der Waals surface area contributed by atoms with Crippen molar-refractivity contribution in [3.8, 4) is 5.75 Å². The van der Waals surface area contributed by atoms with Crippen LogP contribution in [-0.4, -0.2) is 10.0 Å². The zero-order chi connectivity index (χ0) is 14.7. The fourth-order valence-electron chi connectivity index (χ4n) is 1.83. The Hall–Kier alpha value is -2.27. The molecule has 0 saturated heterocycles. The predicted octanol–water partition coefficient (Wildman–Crippen LogP) is 3.87. The Morgan fingerprint density at radius 3 is 2.65 bits per heavy atom. The molecule has 0 spiro atoms. The quantitative estimate of drug-likeness (QED) is 0.662. The highest BCUT2D eigenvalue weighted by Gasteiger charge is 2.10. The highest BCUT2D eigenvalue weighted by molar-refractivity contribution is 6.32. The van der Waals surface area contributed by atoms with Crippen molar-refractivity contribution in [2.75, 3.05) is 5.32 Å². The number of hydrogen-bond acceptors (Lipinski definition) is 4. The van der Waals surface area contributed by atoms with Crippen LogP contribution in [0.2, 0.25) is 5.02 Å². The Morgan fingerprint density at radius 2 is 2.05 bits per heavy atom. The molecule has 2 rings (SSSR count). The van der Waals surface area contributed by atoms with Crippen LogP contribution in [-0.2, 0) is 6.54 Å². The second-order valence-electron chi connectivity index (χ2n) is 4.40. The standard InChI is InChI=1S/C14H13ClN2O3/c1-9-6-11(3-4-13(9)17(19)20)16-8-10-2-5-14(18)12(15)7-10/h2-7,16,18H,8H2,1H3. The van der Waals surface area contributed by atoms with E-state index in [-0.39, 0.29) is 11.4 Å². The first kappa shape index (κ1) is 14.1. The minimum atomic E-state index is -0.404. The Balaban J connectivity index is 2.09. The van der Waals surface area contributed by atoms with Gasteiger partial charge in [-0.05, 0) is 36.8 Å². The normalized spacial score (nSPS) is 10.3. The number of phenols is 1. The highest BCUT2D eigenvalue weighted by atomic mass is 35.5. The molecule has 2 aromatic rings. The van der Waals surface area contributed by atoms with Crippen molar-refractivity contribution < 1.29 is 10.0 Å². The van der Waals surface area contributed by atoms with Crippen LogP contribution >= 0.6 is 11.6 Å². The molecule has 0 saturated carbocycles. The van der Waals surface area contributed by atoms with E-state index >= 15 is 0 Å². The van der Waals surface area contributed by atoms with Crippen molar-refractivity contribution in [3.63, 3.8) is 0 Å². The van der Waals surface area contributed by atoms with E-state index in [0.717, 1.165) is 11.3 Å². The lowest BCUT2D eigenvalue weighted by atomic mass is 10.1. The fraction of sp³-hybridized carbons (Fsp3) is 0.143. The summed E-state index contributed by atoms with van der Waals surface area (Å²) in [5.41, 5.74) is 2.40. The summed E-state index contributed by atoms with van der Waals surface area (Å²) in [4.78, 5) is 10.3. The van der Waals surface area contributed by atoms with Crippen molar-refractivity contribution in [3.05, 3.63) is 62.7 Å². The number of nitro benzene ring substituents is 1. The molecule has 0 fully saturated rings. The van der Waals surface area contributed by atoms with Gasteiger partial charge in [0.15, 0.2) is 0 Å². The summed E-state index contributed by atoms with van der Waals surface area (Å²) >= 11 is 5.82. The summed E-state index contributed by atoms with van der Waals surface area (Å²) in [5.74, 6) is 0.0431. The smallest absolute Gasteiger partial charge is 0.272 e. The number of anilines is 1. The van der Waals surface area contributed by atoms with E-state index in [1.54, 1.807) is 31.2 Å². The lowest BCUT2D eigenvalue weighted by Gasteiger charge is -2.08. The number of nitro groups is 1.